The fourth-order valence-corrected chi connectivity index (χ4v) is 10.7. The molecule has 0 spiro atoms. The van der Waals surface area contributed by atoms with Crippen LogP contribution in [0.4, 0.5) is 10.6 Å². The lowest BCUT2D eigenvalue weighted by atomic mass is 10.2. The Morgan fingerprint density at radius 2 is 1.76 bits per heavy atom. The molecule has 1 aliphatic rings. The van der Waals surface area contributed by atoms with Gasteiger partial charge in [0.05, 0.1) is 5.39 Å². The molecule has 1 saturated carbocycles. The van der Waals surface area contributed by atoms with Gasteiger partial charge < -0.3 is 4.74 Å². The molecule has 0 aromatic carbocycles. The molecule has 0 bridgehead atoms. The van der Waals surface area contributed by atoms with Gasteiger partial charge in [-0.3, -0.25) is 5.32 Å². The van der Waals surface area contributed by atoms with Gasteiger partial charge in [-0.1, -0.05) is 59.2 Å². The van der Waals surface area contributed by atoms with Crippen molar-refractivity contribution in [3.63, 3.8) is 0 Å². The summed E-state index contributed by atoms with van der Waals surface area (Å²) in [5, 5.41) is 4.24. The van der Waals surface area contributed by atoms with E-state index in [0.29, 0.717) is 33.2 Å². The number of rotatable bonds is 6. The second-order valence-corrected chi connectivity index (χ2v) is 16.1. The highest BCUT2D eigenvalue weighted by atomic mass is 32.2. The number of anilines is 1. The highest BCUT2D eigenvalue weighted by molar-refractivity contribution is 7.98. The molecule has 2 heterocycles. The smallest absolute Gasteiger partial charge is 0.413 e. The van der Waals surface area contributed by atoms with Crippen LogP contribution in [-0.2, 0) is 4.74 Å². The third-order valence-electron chi connectivity index (χ3n) is 6.81. The van der Waals surface area contributed by atoms with Crippen molar-refractivity contribution in [1.82, 2.24) is 15.0 Å². The lowest BCUT2D eigenvalue weighted by molar-refractivity contribution is 0.114. The van der Waals surface area contributed by atoms with Crippen LogP contribution in [0.5, 0.6) is 0 Å². The quantitative estimate of drug-likeness (QED) is 0.210. The number of pyridine rings is 1. The molecule has 1 amide bonds. The summed E-state index contributed by atoms with van der Waals surface area (Å²) in [4.78, 5) is 26.1. The Kier molecular flexibility index (Phi) is 8.41. The number of hydrogen-bond donors (Lipinski definition) is 1. The van der Waals surface area contributed by atoms with Crippen molar-refractivity contribution < 1.29 is 9.53 Å². The van der Waals surface area contributed by atoms with Crippen molar-refractivity contribution >= 4 is 42.8 Å². The van der Waals surface area contributed by atoms with Crippen LogP contribution < -0.4 is 5.32 Å². The summed E-state index contributed by atoms with van der Waals surface area (Å²) in [6.07, 6.45) is 7.29. The number of nitrogens with zero attached hydrogens (tertiary/aromatic N) is 3. The molecule has 1 N–H and O–H groups in total. The number of ether oxygens (including phenoxy) is 1. The van der Waals surface area contributed by atoms with E-state index in [1.165, 1.54) is 11.8 Å². The maximum absolute atomic E-state index is 12.5. The van der Waals surface area contributed by atoms with Crippen molar-refractivity contribution in [3.05, 3.63) is 17.8 Å². The van der Waals surface area contributed by atoms with E-state index in [0.717, 1.165) is 36.6 Å². The minimum atomic E-state index is -1.93. The number of carbonyl (C=O) groups excluding carboxylic acids is 1. The third-order valence-corrected chi connectivity index (χ3v) is 13.7. The van der Waals surface area contributed by atoms with E-state index in [2.05, 4.69) is 73.3 Å². The Bertz CT molecular complexity index is 1030. The van der Waals surface area contributed by atoms with Gasteiger partial charge in [-0.05, 0) is 54.6 Å². The van der Waals surface area contributed by atoms with Crippen LogP contribution in [0.1, 0.15) is 72.8 Å². The lowest BCUT2D eigenvalue weighted by Gasteiger charge is -2.38. The average molecular weight is 485 g/mol. The lowest BCUT2D eigenvalue weighted by Crippen LogP contribution is -2.43. The van der Waals surface area contributed by atoms with E-state index in [9.17, 15) is 4.79 Å². The van der Waals surface area contributed by atoms with Crippen LogP contribution in [0.3, 0.4) is 0 Å². The van der Waals surface area contributed by atoms with Gasteiger partial charge in [-0.15, -0.1) is 5.54 Å². The number of aromatic nitrogens is 3. The van der Waals surface area contributed by atoms with Crippen molar-refractivity contribution in [2.75, 3.05) is 11.6 Å². The standard InChI is InChI=1S/C25H36N4O2SSi/c1-16(2)33(17(3)4,18(5)6)13-12-19-14-22(28-25(30)31-20-10-8-9-11-20)27-23-21(19)15-26-24(29-23)32-7/h14-18,20H,8-11H2,1-7H3,(H,26,27,28,29,30). The van der Waals surface area contributed by atoms with E-state index in [4.69, 9.17) is 4.74 Å². The molecule has 3 rings (SSSR count). The molecule has 8 heteroatoms. The number of nitrogens with one attached hydrogen (secondary N) is 1. The summed E-state index contributed by atoms with van der Waals surface area (Å²) >= 11 is 1.46. The zero-order chi connectivity index (χ0) is 24.2. The van der Waals surface area contributed by atoms with Crippen LogP contribution >= 0.6 is 11.8 Å². The molecule has 1 fully saturated rings. The van der Waals surface area contributed by atoms with Crippen molar-refractivity contribution in [3.8, 4) is 11.5 Å². The maximum Gasteiger partial charge on any atom is 0.413 e. The molecular formula is C25H36N4O2SSi. The molecule has 6 nitrogen and oxygen atoms in total. The Balaban J connectivity index is 2.04. The second-order valence-electron chi connectivity index (χ2n) is 9.73. The normalized spacial score (nSPS) is 14.7. The monoisotopic (exact) mass is 484 g/mol. The predicted molar refractivity (Wildman–Crippen MR) is 139 cm³/mol. The molecule has 0 saturated heterocycles. The SMILES string of the molecule is CSc1ncc2c(C#C[Si](C(C)C)(C(C)C)C(C)C)cc(NC(=O)OC3CCCC3)nc2n1. The fraction of sp³-hybridized carbons (Fsp3) is 0.600. The van der Waals surface area contributed by atoms with Crippen LogP contribution in [0.2, 0.25) is 16.6 Å². The number of thioether (sulfide) groups is 1. The largest absolute Gasteiger partial charge is 0.446 e. The zero-order valence-electron chi connectivity index (χ0n) is 20.9. The van der Waals surface area contributed by atoms with E-state index in [1.807, 2.05) is 12.3 Å². The van der Waals surface area contributed by atoms with Crippen LogP contribution in [0.15, 0.2) is 17.4 Å². The Morgan fingerprint density at radius 3 is 2.33 bits per heavy atom. The summed E-state index contributed by atoms with van der Waals surface area (Å²) in [7, 11) is -1.93. The topological polar surface area (TPSA) is 77.0 Å². The number of hydrogen-bond acceptors (Lipinski definition) is 6. The van der Waals surface area contributed by atoms with Crippen molar-refractivity contribution in [2.24, 2.45) is 0 Å². The molecule has 1 aliphatic carbocycles. The van der Waals surface area contributed by atoms with Gasteiger partial charge in [0.25, 0.3) is 0 Å². The van der Waals surface area contributed by atoms with Gasteiger partial charge >= 0.3 is 6.09 Å². The van der Waals surface area contributed by atoms with Gasteiger partial charge in [0, 0.05) is 11.8 Å². The minimum Gasteiger partial charge on any atom is -0.446 e. The summed E-state index contributed by atoms with van der Waals surface area (Å²) in [5.74, 6) is 3.90. The molecule has 2 aromatic rings. The van der Waals surface area contributed by atoms with E-state index < -0.39 is 14.2 Å². The third kappa shape index (κ3) is 5.69. The molecule has 0 aliphatic heterocycles. The Hall–Kier alpha value is -2.11. The van der Waals surface area contributed by atoms with Gasteiger partial charge in [0.1, 0.15) is 20.0 Å². The zero-order valence-corrected chi connectivity index (χ0v) is 22.7. The Morgan fingerprint density at radius 1 is 1.12 bits per heavy atom. The molecule has 2 aromatic heterocycles. The minimum absolute atomic E-state index is 0.00937. The van der Waals surface area contributed by atoms with Gasteiger partial charge in [-0.25, -0.2) is 19.7 Å². The van der Waals surface area contributed by atoms with Crippen LogP contribution in [0.25, 0.3) is 11.0 Å². The van der Waals surface area contributed by atoms with Crippen LogP contribution in [-0.4, -0.2) is 41.5 Å². The van der Waals surface area contributed by atoms with Crippen molar-refractivity contribution in [2.45, 2.75) is 95.1 Å². The molecule has 0 unspecified atom stereocenters. The van der Waals surface area contributed by atoms with Gasteiger partial charge in [-0.2, -0.15) is 0 Å². The van der Waals surface area contributed by atoms with Gasteiger partial charge in [0.2, 0.25) is 0 Å². The molecule has 0 radical (unpaired) electrons. The first-order chi connectivity index (χ1) is 15.7. The highest BCUT2D eigenvalue weighted by Gasteiger charge is 2.41. The maximum atomic E-state index is 12.5. The highest BCUT2D eigenvalue weighted by Crippen LogP contribution is 2.41. The Labute approximate surface area is 203 Å². The second kappa shape index (κ2) is 10.9. The molecule has 0 atom stereocenters. The average Bonchev–Trinajstić information content (AvgIpc) is 3.25. The summed E-state index contributed by atoms with van der Waals surface area (Å²) in [6.45, 7) is 13.8. The number of amides is 1. The van der Waals surface area contributed by atoms with E-state index >= 15 is 0 Å². The van der Waals surface area contributed by atoms with E-state index in [-0.39, 0.29) is 6.10 Å². The first-order valence-electron chi connectivity index (χ1n) is 11.9. The first kappa shape index (κ1) is 25.5. The number of fused-ring (bicyclic) bond motifs is 1. The summed E-state index contributed by atoms with van der Waals surface area (Å²) in [6, 6.07) is 1.83. The van der Waals surface area contributed by atoms with E-state index in [1.54, 1.807) is 6.20 Å². The van der Waals surface area contributed by atoms with Crippen LogP contribution in [0, 0.1) is 11.5 Å². The number of carbonyl (C=O) groups is 1. The first-order valence-corrected chi connectivity index (χ1v) is 15.4. The predicted octanol–water partition coefficient (Wildman–Crippen LogP) is 6.81. The molecular weight excluding hydrogens is 448 g/mol. The fourth-order valence-electron chi connectivity index (χ4n) is 5.16. The summed E-state index contributed by atoms with van der Waals surface area (Å²) in [5.41, 5.74) is 6.66. The molecule has 33 heavy (non-hydrogen) atoms. The molecule has 178 valence electrons. The summed E-state index contributed by atoms with van der Waals surface area (Å²) < 4.78 is 5.56. The van der Waals surface area contributed by atoms with Crippen molar-refractivity contribution in [1.29, 1.82) is 0 Å². The van der Waals surface area contributed by atoms with Gasteiger partial charge in [0.15, 0.2) is 10.8 Å².